The van der Waals surface area contributed by atoms with E-state index >= 15 is 0 Å². The summed E-state index contributed by atoms with van der Waals surface area (Å²) in [6.07, 6.45) is 4.81. The van der Waals surface area contributed by atoms with Crippen LogP contribution in [-0.2, 0) is 0 Å². The highest BCUT2D eigenvalue weighted by Crippen LogP contribution is 2.37. The minimum Gasteiger partial charge on any atom is -0.296 e. The molecule has 0 bridgehead atoms. The monoisotopic (exact) mass is 327 g/mol. The number of hydrogen-bond donors (Lipinski definition) is 0. The Kier molecular flexibility index (Phi) is 5.70. The van der Waals surface area contributed by atoms with Crippen LogP contribution in [0.3, 0.4) is 0 Å². The quantitative estimate of drug-likeness (QED) is 0.703. The standard InChI is InChI=1S/C17H23Cl2NO/c1-3-17(4-2)7-9-20(10-8-17)12-16(21)14-11-13(18)5-6-15(14)19/h5-6,11H,3-4,7-10,12H2,1-2H3. The van der Waals surface area contributed by atoms with Crippen molar-refractivity contribution in [1.29, 1.82) is 0 Å². The Morgan fingerprint density at radius 2 is 1.81 bits per heavy atom. The van der Waals surface area contributed by atoms with Gasteiger partial charge in [0.2, 0.25) is 0 Å². The number of likely N-dealkylation sites (tertiary alicyclic amines) is 1. The van der Waals surface area contributed by atoms with Gasteiger partial charge in [-0.3, -0.25) is 9.69 Å². The van der Waals surface area contributed by atoms with E-state index in [9.17, 15) is 4.79 Å². The van der Waals surface area contributed by atoms with Crippen LogP contribution >= 0.6 is 23.2 Å². The molecule has 0 radical (unpaired) electrons. The van der Waals surface area contributed by atoms with Crippen molar-refractivity contribution in [2.24, 2.45) is 5.41 Å². The molecule has 1 saturated heterocycles. The number of ketones is 1. The number of nitrogens with zero attached hydrogens (tertiary/aromatic N) is 1. The Bertz CT molecular complexity index is 502. The molecule has 2 rings (SSSR count). The molecular weight excluding hydrogens is 305 g/mol. The number of carbonyl (C=O) groups excluding carboxylic acids is 1. The normalized spacial score (nSPS) is 18.7. The fourth-order valence-electron chi connectivity index (χ4n) is 3.14. The second-order valence-electron chi connectivity index (χ2n) is 6.03. The van der Waals surface area contributed by atoms with Gasteiger partial charge in [-0.25, -0.2) is 0 Å². The van der Waals surface area contributed by atoms with Crippen LogP contribution in [0.2, 0.25) is 10.0 Å². The van der Waals surface area contributed by atoms with E-state index in [1.807, 2.05) is 0 Å². The molecule has 21 heavy (non-hydrogen) atoms. The summed E-state index contributed by atoms with van der Waals surface area (Å²) in [6.45, 7) is 6.97. The molecule has 1 aliphatic rings. The lowest BCUT2D eigenvalue weighted by Gasteiger charge is -2.40. The van der Waals surface area contributed by atoms with E-state index in [4.69, 9.17) is 23.2 Å². The Hall–Kier alpha value is -0.570. The van der Waals surface area contributed by atoms with Crippen molar-refractivity contribution in [3.63, 3.8) is 0 Å². The van der Waals surface area contributed by atoms with Crippen molar-refractivity contribution in [3.05, 3.63) is 33.8 Å². The van der Waals surface area contributed by atoms with Crippen LogP contribution in [0.15, 0.2) is 18.2 Å². The lowest BCUT2D eigenvalue weighted by atomic mass is 9.74. The average Bonchev–Trinajstić information content (AvgIpc) is 2.50. The molecule has 0 atom stereocenters. The molecule has 0 unspecified atom stereocenters. The molecule has 1 fully saturated rings. The van der Waals surface area contributed by atoms with Gasteiger partial charge in [0.25, 0.3) is 0 Å². The van der Waals surface area contributed by atoms with Gasteiger partial charge in [0.15, 0.2) is 5.78 Å². The summed E-state index contributed by atoms with van der Waals surface area (Å²) in [5, 5.41) is 1.04. The molecule has 0 amide bonds. The second kappa shape index (κ2) is 7.13. The number of benzene rings is 1. The van der Waals surface area contributed by atoms with Gasteiger partial charge < -0.3 is 0 Å². The zero-order valence-corrected chi connectivity index (χ0v) is 14.3. The first-order valence-electron chi connectivity index (χ1n) is 7.70. The van der Waals surface area contributed by atoms with E-state index in [0.29, 0.717) is 27.6 Å². The van der Waals surface area contributed by atoms with Gasteiger partial charge in [0.1, 0.15) is 0 Å². The third-order valence-corrected chi connectivity index (χ3v) is 5.58. The van der Waals surface area contributed by atoms with Crippen LogP contribution < -0.4 is 0 Å². The number of halogens is 2. The van der Waals surface area contributed by atoms with Crippen LogP contribution in [0.1, 0.15) is 49.9 Å². The van der Waals surface area contributed by atoms with Gasteiger partial charge in [0.05, 0.1) is 11.6 Å². The summed E-state index contributed by atoms with van der Waals surface area (Å²) >= 11 is 12.1. The first kappa shape index (κ1) is 16.8. The number of rotatable bonds is 5. The summed E-state index contributed by atoms with van der Waals surface area (Å²) in [5.41, 5.74) is 1.01. The van der Waals surface area contributed by atoms with E-state index in [-0.39, 0.29) is 5.78 Å². The third kappa shape index (κ3) is 4.00. The van der Waals surface area contributed by atoms with Crippen LogP contribution in [0, 0.1) is 5.41 Å². The first-order valence-corrected chi connectivity index (χ1v) is 8.46. The third-order valence-electron chi connectivity index (χ3n) is 5.01. The Morgan fingerprint density at radius 1 is 1.19 bits per heavy atom. The van der Waals surface area contributed by atoms with Crippen LogP contribution in [0.5, 0.6) is 0 Å². The van der Waals surface area contributed by atoms with Crippen molar-refractivity contribution in [3.8, 4) is 0 Å². The maximum Gasteiger partial charge on any atom is 0.178 e. The number of carbonyl (C=O) groups is 1. The Labute approximate surface area is 137 Å². The molecule has 2 nitrogen and oxygen atoms in total. The minimum atomic E-state index is 0.0583. The lowest BCUT2D eigenvalue weighted by Crippen LogP contribution is -2.41. The van der Waals surface area contributed by atoms with E-state index in [1.165, 1.54) is 25.7 Å². The fourth-order valence-corrected chi connectivity index (χ4v) is 3.54. The molecule has 0 spiro atoms. The van der Waals surface area contributed by atoms with Gasteiger partial charge in [-0.2, -0.15) is 0 Å². The molecule has 0 saturated carbocycles. The molecule has 1 heterocycles. The molecule has 0 aliphatic carbocycles. The van der Waals surface area contributed by atoms with E-state index in [1.54, 1.807) is 18.2 Å². The topological polar surface area (TPSA) is 20.3 Å². The van der Waals surface area contributed by atoms with Gasteiger partial charge in [-0.15, -0.1) is 0 Å². The van der Waals surface area contributed by atoms with Gasteiger partial charge in [-0.1, -0.05) is 49.9 Å². The highest BCUT2D eigenvalue weighted by molar-refractivity contribution is 6.36. The summed E-state index contributed by atoms with van der Waals surface area (Å²) < 4.78 is 0. The van der Waals surface area contributed by atoms with E-state index in [0.717, 1.165) is 13.1 Å². The average molecular weight is 328 g/mol. The minimum absolute atomic E-state index is 0.0583. The van der Waals surface area contributed by atoms with Crippen molar-refractivity contribution in [2.75, 3.05) is 19.6 Å². The second-order valence-corrected chi connectivity index (χ2v) is 6.87. The summed E-state index contributed by atoms with van der Waals surface area (Å²) in [6, 6.07) is 5.06. The molecule has 4 heteroatoms. The molecule has 0 N–H and O–H groups in total. The Balaban J connectivity index is 1.97. The van der Waals surface area contributed by atoms with Crippen molar-refractivity contribution >= 4 is 29.0 Å². The fraction of sp³-hybridized carbons (Fsp3) is 0.588. The zero-order valence-electron chi connectivity index (χ0n) is 12.8. The van der Waals surface area contributed by atoms with E-state index < -0.39 is 0 Å². The van der Waals surface area contributed by atoms with Crippen LogP contribution in [-0.4, -0.2) is 30.3 Å². The van der Waals surface area contributed by atoms with Crippen molar-refractivity contribution in [1.82, 2.24) is 4.90 Å². The first-order chi connectivity index (χ1) is 9.99. The van der Waals surface area contributed by atoms with E-state index in [2.05, 4.69) is 18.7 Å². The maximum atomic E-state index is 12.4. The van der Waals surface area contributed by atoms with Gasteiger partial charge in [-0.05, 0) is 49.5 Å². The van der Waals surface area contributed by atoms with Crippen LogP contribution in [0.25, 0.3) is 0 Å². The van der Waals surface area contributed by atoms with Crippen molar-refractivity contribution in [2.45, 2.75) is 39.5 Å². The van der Waals surface area contributed by atoms with Gasteiger partial charge >= 0.3 is 0 Å². The van der Waals surface area contributed by atoms with Crippen LogP contribution in [0.4, 0.5) is 0 Å². The summed E-state index contributed by atoms with van der Waals surface area (Å²) in [4.78, 5) is 14.6. The molecule has 116 valence electrons. The molecule has 1 aromatic rings. The molecule has 1 aromatic carbocycles. The lowest BCUT2D eigenvalue weighted by molar-refractivity contribution is 0.0756. The number of hydrogen-bond acceptors (Lipinski definition) is 2. The Morgan fingerprint density at radius 3 is 2.38 bits per heavy atom. The number of piperidine rings is 1. The largest absolute Gasteiger partial charge is 0.296 e. The highest BCUT2D eigenvalue weighted by Gasteiger charge is 2.31. The molecule has 1 aliphatic heterocycles. The predicted octanol–water partition coefficient (Wildman–Crippen LogP) is 5.08. The van der Waals surface area contributed by atoms with Gasteiger partial charge in [0, 0.05) is 10.6 Å². The maximum absolute atomic E-state index is 12.4. The highest BCUT2D eigenvalue weighted by atomic mass is 35.5. The summed E-state index contributed by atoms with van der Waals surface area (Å²) in [7, 11) is 0. The predicted molar refractivity (Wildman–Crippen MR) is 89.5 cm³/mol. The van der Waals surface area contributed by atoms with Crippen molar-refractivity contribution < 1.29 is 4.79 Å². The molecule has 0 aromatic heterocycles. The summed E-state index contributed by atoms with van der Waals surface area (Å²) in [5.74, 6) is 0.0583. The SMILES string of the molecule is CCC1(CC)CCN(CC(=O)c2cc(Cl)ccc2Cl)CC1. The zero-order chi connectivity index (χ0) is 15.5. The molecular formula is C17H23Cl2NO. The smallest absolute Gasteiger partial charge is 0.178 e. The number of Topliss-reactive ketones (excluding diaryl/α,β-unsaturated/α-hetero) is 1.